The first-order valence-electron chi connectivity index (χ1n) is 7.03. The fraction of sp³-hybridized carbons (Fsp3) is 0.0556. The summed E-state index contributed by atoms with van der Waals surface area (Å²) in [5.41, 5.74) is 3.16. The Morgan fingerprint density at radius 1 is 1.12 bits per heavy atom. The number of nitrogens with zero attached hydrogens (tertiary/aromatic N) is 2. The second-order valence-corrected chi connectivity index (χ2v) is 7.09. The average molecular weight is 486 g/mol. The van der Waals surface area contributed by atoms with Crippen LogP contribution in [0.15, 0.2) is 76.0 Å². The maximum atomic E-state index is 5.98. The molecule has 0 saturated carbocycles. The van der Waals surface area contributed by atoms with Gasteiger partial charge in [0.15, 0.2) is 4.80 Å². The second kappa shape index (κ2) is 8.81. The standard InChI is InChI=1S/C18H14BrClN2S.BrH/c1-2-11-22-17(13-3-7-15(20)8-4-13)12-23-18(22)21-16-9-5-14(19)6-10-16;/h2-10,12H,1,11H2;1H/p-1. The molecule has 0 N–H and O–H groups in total. The predicted molar refractivity (Wildman–Crippen MR) is 102 cm³/mol. The van der Waals surface area contributed by atoms with Gasteiger partial charge in [0.2, 0.25) is 0 Å². The van der Waals surface area contributed by atoms with E-state index in [4.69, 9.17) is 16.6 Å². The molecule has 3 rings (SSSR count). The molecule has 0 saturated heterocycles. The molecule has 124 valence electrons. The predicted octanol–water partition coefficient (Wildman–Crippen LogP) is 3.05. The van der Waals surface area contributed by atoms with Gasteiger partial charge in [-0.05, 0) is 42.0 Å². The Bertz CT molecular complexity index is 881. The summed E-state index contributed by atoms with van der Waals surface area (Å²) < 4.78 is 3.20. The molecule has 0 radical (unpaired) electrons. The van der Waals surface area contributed by atoms with Crippen molar-refractivity contribution in [3.05, 3.63) is 80.9 Å². The summed E-state index contributed by atoms with van der Waals surface area (Å²) >= 11 is 11.0. The molecule has 1 aromatic heterocycles. The van der Waals surface area contributed by atoms with Gasteiger partial charge in [-0.15, -0.1) is 17.9 Å². The Hall–Kier alpha value is -1.14. The highest BCUT2D eigenvalue weighted by atomic mass is 79.9. The minimum absolute atomic E-state index is 0. The first kappa shape index (κ1) is 19.2. The van der Waals surface area contributed by atoms with E-state index in [0.29, 0.717) is 6.54 Å². The molecule has 6 heteroatoms. The molecule has 0 unspecified atom stereocenters. The van der Waals surface area contributed by atoms with Gasteiger partial charge in [0, 0.05) is 21.4 Å². The molecule has 3 aromatic rings. The summed E-state index contributed by atoms with van der Waals surface area (Å²) in [7, 11) is 0. The first-order valence-corrected chi connectivity index (χ1v) is 9.08. The highest BCUT2D eigenvalue weighted by molar-refractivity contribution is 9.10. The Balaban J connectivity index is 0.00000208. The summed E-state index contributed by atoms with van der Waals surface area (Å²) in [6.07, 6.45) is 1.88. The molecule has 24 heavy (non-hydrogen) atoms. The molecular weight excluding hydrogens is 472 g/mol. The molecule has 0 bridgehead atoms. The average Bonchev–Trinajstić information content (AvgIpc) is 2.94. The number of rotatable bonds is 4. The zero-order valence-corrected chi connectivity index (χ0v) is 17.4. The Morgan fingerprint density at radius 3 is 2.42 bits per heavy atom. The first-order chi connectivity index (χ1) is 11.2. The number of thiazole rings is 1. The SMILES string of the molecule is C=CCn1c(-c2ccc(Cl)cc2)csc1=Nc1ccc(Br)cc1.[Br-]. The monoisotopic (exact) mass is 483 g/mol. The van der Waals surface area contributed by atoms with Crippen LogP contribution in [-0.4, -0.2) is 4.57 Å². The zero-order valence-electron chi connectivity index (χ0n) is 12.6. The van der Waals surface area contributed by atoms with Crippen LogP contribution in [0.1, 0.15) is 0 Å². The van der Waals surface area contributed by atoms with E-state index in [1.807, 2.05) is 54.6 Å². The topological polar surface area (TPSA) is 17.3 Å². The molecule has 0 aliphatic carbocycles. The van der Waals surface area contributed by atoms with Gasteiger partial charge in [-0.3, -0.25) is 0 Å². The van der Waals surface area contributed by atoms with Gasteiger partial charge in [0.05, 0.1) is 11.4 Å². The smallest absolute Gasteiger partial charge is 0.190 e. The van der Waals surface area contributed by atoms with Gasteiger partial charge in [-0.1, -0.05) is 45.7 Å². The van der Waals surface area contributed by atoms with Crippen molar-refractivity contribution in [2.24, 2.45) is 4.99 Å². The molecule has 2 nitrogen and oxygen atoms in total. The molecule has 1 heterocycles. The lowest BCUT2D eigenvalue weighted by atomic mass is 10.2. The Morgan fingerprint density at radius 2 is 1.79 bits per heavy atom. The lowest BCUT2D eigenvalue weighted by molar-refractivity contribution is -0.00000432. The van der Waals surface area contributed by atoms with Crippen LogP contribution >= 0.6 is 38.9 Å². The molecule has 0 aliphatic heterocycles. The van der Waals surface area contributed by atoms with Crippen LogP contribution in [0, 0.1) is 0 Å². The van der Waals surface area contributed by atoms with Crippen LogP contribution in [0.5, 0.6) is 0 Å². The summed E-state index contributed by atoms with van der Waals surface area (Å²) in [4.78, 5) is 5.69. The lowest BCUT2D eigenvalue weighted by Gasteiger charge is -2.06. The largest absolute Gasteiger partial charge is 1.00 e. The number of hydrogen-bond donors (Lipinski definition) is 0. The highest BCUT2D eigenvalue weighted by Gasteiger charge is 2.07. The van der Waals surface area contributed by atoms with E-state index in [9.17, 15) is 0 Å². The van der Waals surface area contributed by atoms with Crippen molar-refractivity contribution in [1.29, 1.82) is 0 Å². The van der Waals surface area contributed by atoms with Crippen LogP contribution < -0.4 is 21.8 Å². The molecule has 2 aromatic carbocycles. The van der Waals surface area contributed by atoms with Crippen LogP contribution in [0.4, 0.5) is 5.69 Å². The summed E-state index contributed by atoms with van der Waals surface area (Å²) in [6, 6.07) is 15.8. The van der Waals surface area contributed by atoms with Crippen LogP contribution in [0.25, 0.3) is 11.3 Å². The third kappa shape index (κ3) is 4.48. The number of allylic oxidation sites excluding steroid dienone is 1. The van der Waals surface area contributed by atoms with Crippen LogP contribution in [0.2, 0.25) is 5.02 Å². The summed E-state index contributed by atoms with van der Waals surface area (Å²) in [6.45, 7) is 4.56. The lowest BCUT2D eigenvalue weighted by Crippen LogP contribution is -3.00. The number of halogens is 3. The fourth-order valence-electron chi connectivity index (χ4n) is 2.20. The van der Waals surface area contributed by atoms with Crippen molar-refractivity contribution >= 4 is 44.6 Å². The van der Waals surface area contributed by atoms with E-state index in [1.54, 1.807) is 11.3 Å². The van der Waals surface area contributed by atoms with Crippen molar-refractivity contribution < 1.29 is 17.0 Å². The van der Waals surface area contributed by atoms with E-state index in [-0.39, 0.29) is 17.0 Å². The third-order valence-corrected chi connectivity index (χ3v) is 4.94. The summed E-state index contributed by atoms with van der Waals surface area (Å²) in [5.74, 6) is 0. The van der Waals surface area contributed by atoms with Gasteiger partial charge in [-0.2, -0.15) is 0 Å². The molecule has 0 aliphatic rings. The van der Waals surface area contributed by atoms with Crippen molar-refractivity contribution in [2.45, 2.75) is 6.54 Å². The van der Waals surface area contributed by atoms with E-state index >= 15 is 0 Å². The van der Waals surface area contributed by atoms with Gasteiger partial charge >= 0.3 is 0 Å². The van der Waals surface area contributed by atoms with Crippen molar-refractivity contribution in [3.63, 3.8) is 0 Å². The van der Waals surface area contributed by atoms with Crippen LogP contribution in [0.3, 0.4) is 0 Å². The van der Waals surface area contributed by atoms with Crippen molar-refractivity contribution in [2.75, 3.05) is 0 Å². The third-order valence-electron chi connectivity index (χ3n) is 3.30. The molecular formula is C18H14Br2ClN2S-. The van der Waals surface area contributed by atoms with E-state index in [2.05, 4.69) is 32.5 Å². The molecule has 0 atom stereocenters. The van der Waals surface area contributed by atoms with E-state index in [0.717, 1.165) is 31.2 Å². The second-order valence-electron chi connectivity index (χ2n) is 4.90. The van der Waals surface area contributed by atoms with Gasteiger partial charge in [-0.25, -0.2) is 4.99 Å². The molecule has 0 spiro atoms. The Labute approximate surface area is 169 Å². The van der Waals surface area contributed by atoms with E-state index in [1.165, 1.54) is 0 Å². The van der Waals surface area contributed by atoms with Gasteiger partial charge in [0.1, 0.15) is 0 Å². The van der Waals surface area contributed by atoms with Crippen molar-refractivity contribution in [1.82, 2.24) is 4.57 Å². The molecule has 0 amide bonds. The van der Waals surface area contributed by atoms with Crippen molar-refractivity contribution in [3.8, 4) is 11.3 Å². The Kier molecular flexibility index (Phi) is 7.04. The van der Waals surface area contributed by atoms with Gasteiger partial charge in [0.25, 0.3) is 0 Å². The minimum atomic E-state index is 0. The fourth-order valence-corrected chi connectivity index (χ4v) is 3.53. The number of benzene rings is 2. The minimum Gasteiger partial charge on any atom is -1.00 e. The van der Waals surface area contributed by atoms with Gasteiger partial charge < -0.3 is 21.5 Å². The maximum absolute atomic E-state index is 5.98. The number of hydrogen-bond acceptors (Lipinski definition) is 2. The highest BCUT2D eigenvalue weighted by Crippen LogP contribution is 2.23. The zero-order chi connectivity index (χ0) is 16.2. The quantitative estimate of drug-likeness (QED) is 0.506. The normalized spacial score (nSPS) is 11.2. The van der Waals surface area contributed by atoms with Crippen LogP contribution in [-0.2, 0) is 6.54 Å². The summed E-state index contributed by atoms with van der Waals surface area (Å²) in [5, 5.41) is 2.85. The maximum Gasteiger partial charge on any atom is 0.190 e. The van der Waals surface area contributed by atoms with E-state index < -0.39 is 0 Å². The number of aromatic nitrogens is 1. The molecule has 0 fully saturated rings.